The first-order chi connectivity index (χ1) is 9.17. The van der Waals surface area contributed by atoms with Gasteiger partial charge in [0, 0.05) is 9.79 Å². The second kappa shape index (κ2) is 5.18. The van der Waals surface area contributed by atoms with Crippen molar-refractivity contribution in [2.45, 2.75) is 34.9 Å². The molecule has 0 aromatic heterocycles. The van der Waals surface area contributed by atoms with Crippen molar-refractivity contribution >= 4 is 23.4 Å². The molecule has 0 saturated heterocycles. The molecular weight excluding hydrogens is 279 g/mol. The fourth-order valence-corrected chi connectivity index (χ4v) is 3.93. The highest BCUT2D eigenvalue weighted by Gasteiger charge is 2.21. The van der Waals surface area contributed by atoms with Gasteiger partial charge in [-0.3, -0.25) is 0 Å². The van der Waals surface area contributed by atoms with Crippen LogP contribution in [0.2, 0.25) is 0 Å². The second-order valence-corrected chi connectivity index (χ2v) is 6.36. The monoisotopic (exact) mass is 292 g/mol. The van der Waals surface area contributed by atoms with Crippen molar-refractivity contribution in [1.29, 1.82) is 0 Å². The van der Waals surface area contributed by atoms with E-state index in [0.717, 1.165) is 28.2 Å². The molecule has 0 nitrogen and oxygen atoms in total. The summed E-state index contributed by atoms with van der Waals surface area (Å²) >= 11 is 8.16. The summed E-state index contributed by atoms with van der Waals surface area (Å²) in [6, 6.07) is 11.4. The summed E-state index contributed by atoms with van der Waals surface area (Å²) in [5.41, 5.74) is 3.59. The highest BCUT2D eigenvalue weighted by Crippen LogP contribution is 2.43. The number of rotatable bonds is 1. The van der Waals surface area contributed by atoms with Crippen LogP contribution in [-0.4, -0.2) is 0 Å². The summed E-state index contributed by atoms with van der Waals surface area (Å²) in [5, 5.41) is -0.0410. The van der Waals surface area contributed by atoms with E-state index in [4.69, 9.17) is 11.6 Å². The maximum Gasteiger partial charge on any atom is 0.124 e. The zero-order chi connectivity index (χ0) is 13.4. The van der Waals surface area contributed by atoms with E-state index in [9.17, 15) is 4.39 Å². The van der Waals surface area contributed by atoms with Gasteiger partial charge in [0.05, 0.1) is 5.38 Å². The van der Waals surface area contributed by atoms with Gasteiger partial charge in [0.2, 0.25) is 0 Å². The van der Waals surface area contributed by atoms with Crippen LogP contribution in [0.25, 0.3) is 0 Å². The molecule has 0 amide bonds. The van der Waals surface area contributed by atoms with Gasteiger partial charge >= 0.3 is 0 Å². The van der Waals surface area contributed by atoms with Gasteiger partial charge < -0.3 is 0 Å². The first kappa shape index (κ1) is 13.0. The molecule has 0 saturated carbocycles. The summed E-state index contributed by atoms with van der Waals surface area (Å²) < 4.78 is 13.4. The third-order valence-corrected chi connectivity index (χ3v) is 5.05. The van der Waals surface area contributed by atoms with Gasteiger partial charge in [0.15, 0.2) is 0 Å². The fourth-order valence-electron chi connectivity index (χ4n) is 2.37. The smallest absolute Gasteiger partial charge is 0.124 e. The predicted octanol–water partition coefficient (Wildman–Crippen LogP) is 5.38. The third kappa shape index (κ3) is 2.52. The van der Waals surface area contributed by atoms with Crippen molar-refractivity contribution in [3.05, 3.63) is 58.9 Å². The van der Waals surface area contributed by atoms with Crippen LogP contribution in [0.3, 0.4) is 0 Å². The van der Waals surface area contributed by atoms with Gasteiger partial charge in [-0.15, -0.1) is 11.6 Å². The Morgan fingerprint density at radius 1 is 1.21 bits per heavy atom. The molecule has 3 heteroatoms. The van der Waals surface area contributed by atoms with E-state index in [1.54, 1.807) is 17.8 Å². The molecule has 98 valence electrons. The zero-order valence-electron chi connectivity index (χ0n) is 10.6. The predicted molar refractivity (Wildman–Crippen MR) is 78.6 cm³/mol. The molecule has 0 N–H and O–H groups in total. The Morgan fingerprint density at radius 2 is 2.05 bits per heavy atom. The van der Waals surface area contributed by atoms with Gasteiger partial charge in [-0.25, -0.2) is 4.39 Å². The summed E-state index contributed by atoms with van der Waals surface area (Å²) in [5.74, 6) is -0.189. The maximum absolute atomic E-state index is 13.4. The molecule has 0 radical (unpaired) electrons. The minimum atomic E-state index is -0.189. The number of fused-ring (bicyclic) bond motifs is 2. The van der Waals surface area contributed by atoms with Crippen LogP contribution >= 0.6 is 23.4 Å². The lowest BCUT2D eigenvalue weighted by atomic mass is 10.0. The van der Waals surface area contributed by atoms with Crippen molar-refractivity contribution in [1.82, 2.24) is 0 Å². The largest absolute Gasteiger partial charge is 0.207 e. The van der Waals surface area contributed by atoms with E-state index < -0.39 is 0 Å². The van der Waals surface area contributed by atoms with Crippen molar-refractivity contribution in [3.8, 4) is 0 Å². The number of benzene rings is 2. The molecule has 19 heavy (non-hydrogen) atoms. The Bertz CT molecular complexity index is 624. The van der Waals surface area contributed by atoms with E-state index in [1.165, 1.54) is 17.2 Å². The lowest BCUT2D eigenvalue weighted by molar-refractivity contribution is 0.622. The highest BCUT2D eigenvalue weighted by molar-refractivity contribution is 7.99. The van der Waals surface area contributed by atoms with Crippen LogP contribution in [0, 0.1) is 5.82 Å². The summed E-state index contributed by atoms with van der Waals surface area (Å²) in [6.45, 7) is 2.14. The van der Waals surface area contributed by atoms with E-state index >= 15 is 0 Å². The van der Waals surface area contributed by atoms with Crippen LogP contribution in [0.5, 0.6) is 0 Å². The van der Waals surface area contributed by atoms with Crippen LogP contribution < -0.4 is 0 Å². The Labute approximate surface area is 122 Å². The van der Waals surface area contributed by atoms with Gasteiger partial charge in [-0.1, -0.05) is 36.9 Å². The number of aryl methyl sites for hydroxylation is 1. The third-order valence-electron chi connectivity index (χ3n) is 3.47. The molecule has 2 aromatic rings. The minimum Gasteiger partial charge on any atom is -0.207 e. The summed E-state index contributed by atoms with van der Waals surface area (Å²) in [4.78, 5) is 2.12. The van der Waals surface area contributed by atoms with E-state index in [2.05, 4.69) is 25.1 Å². The Morgan fingerprint density at radius 3 is 2.84 bits per heavy atom. The van der Waals surface area contributed by atoms with E-state index in [-0.39, 0.29) is 11.2 Å². The number of hydrogen-bond acceptors (Lipinski definition) is 1. The molecule has 1 aliphatic rings. The highest BCUT2D eigenvalue weighted by atomic mass is 35.5. The fraction of sp³-hybridized carbons (Fsp3) is 0.250. The van der Waals surface area contributed by atoms with Crippen LogP contribution in [-0.2, 0) is 12.8 Å². The van der Waals surface area contributed by atoms with Crippen molar-refractivity contribution < 1.29 is 4.39 Å². The average Bonchev–Trinajstić information content (AvgIpc) is 2.54. The number of halogens is 2. The lowest BCUT2D eigenvalue weighted by Gasteiger charge is -2.11. The second-order valence-electron chi connectivity index (χ2n) is 4.75. The zero-order valence-corrected chi connectivity index (χ0v) is 12.2. The lowest BCUT2D eigenvalue weighted by Crippen LogP contribution is -1.97. The Hall–Kier alpha value is -0.990. The molecule has 1 unspecified atom stereocenters. The van der Waals surface area contributed by atoms with Crippen LogP contribution in [0.4, 0.5) is 4.39 Å². The quantitative estimate of drug-likeness (QED) is 0.636. The molecule has 1 heterocycles. The van der Waals surface area contributed by atoms with Crippen molar-refractivity contribution in [2.75, 3.05) is 0 Å². The Kier molecular flexibility index (Phi) is 3.55. The summed E-state index contributed by atoms with van der Waals surface area (Å²) in [6.07, 6.45) is 1.76. The molecular formula is C16H14ClFS. The minimum absolute atomic E-state index is 0.0410. The standard InChI is InChI=1S/C16H14ClFS/c1-2-10-3-6-15-13(7-10)14(17)8-11-4-5-12(18)9-16(11)19-15/h3-7,9,14H,2,8H2,1H3. The van der Waals surface area contributed by atoms with E-state index in [1.807, 2.05) is 6.07 Å². The first-order valence-electron chi connectivity index (χ1n) is 6.40. The molecule has 0 bridgehead atoms. The van der Waals surface area contributed by atoms with Gasteiger partial charge in [-0.05, 0) is 47.7 Å². The number of alkyl halides is 1. The van der Waals surface area contributed by atoms with Crippen LogP contribution in [0.15, 0.2) is 46.2 Å². The van der Waals surface area contributed by atoms with Crippen LogP contribution in [0.1, 0.15) is 29.0 Å². The van der Waals surface area contributed by atoms with Gasteiger partial charge in [0.25, 0.3) is 0 Å². The molecule has 2 aromatic carbocycles. The van der Waals surface area contributed by atoms with Crippen molar-refractivity contribution in [3.63, 3.8) is 0 Å². The molecule has 0 fully saturated rings. The maximum atomic E-state index is 13.4. The molecule has 3 rings (SSSR count). The molecule has 0 aliphatic carbocycles. The van der Waals surface area contributed by atoms with Crippen molar-refractivity contribution in [2.24, 2.45) is 0 Å². The molecule has 0 spiro atoms. The van der Waals surface area contributed by atoms with Gasteiger partial charge in [0.1, 0.15) is 5.82 Å². The number of hydrogen-bond donors (Lipinski definition) is 0. The molecule has 1 aliphatic heterocycles. The topological polar surface area (TPSA) is 0 Å². The molecule has 1 atom stereocenters. The SMILES string of the molecule is CCc1ccc2c(c1)C(Cl)Cc1ccc(F)cc1S2. The summed E-state index contributed by atoms with van der Waals surface area (Å²) in [7, 11) is 0. The van der Waals surface area contributed by atoms with Gasteiger partial charge in [-0.2, -0.15) is 0 Å². The average molecular weight is 293 g/mol. The van der Waals surface area contributed by atoms with E-state index in [0.29, 0.717) is 0 Å². The Balaban J connectivity index is 2.10. The first-order valence-corrected chi connectivity index (χ1v) is 7.66. The normalized spacial score (nSPS) is 17.5.